The molecule has 2 atom stereocenters. The number of anilines is 2. The SMILES string of the molecule is CC(C)(C)OC(=O)N1CCC[C@H]1C1(Oc2nc3c(c(N4CCN(C(=O)OCc5ccccc5)[C@@H](CC#N)C4)n2)CCN(c2cccc4ccccc24)C3)CC1. The lowest BCUT2D eigenvalue weighted by Crippen LogP contribution is -2.56. The Morgan fingerprint density at radius 3 is 2.45 bits per heavy atom. The molecule has 1 aromatic heterocycles. The van der Waals surface area contributed by atoms with Gasteiger partial charge in [0, 0.05) is 49.4 Å². The summed E-state index contributed by atoms with van der Waals surface area (Å²) in [5.74, 6) is 0.782. The Hall–Kier alpha value is -5.57. The molecule has 0 radical (unpaired) electrons. The van der Waals surface area contributed by atoms with E-state index < -0.39 is 17.3 Å². The van der Waals surface area contributed by atoms with Crippen molar-refractivity contribution in [1.29, 1.82) is 5.26 Å². The van der Waals surface area contributed by atoms with E-state index in [2.05, 4.69) is 58.3 Å². The van der Waals surface area contributed by atoms with E-state index >= 15 is 0 Å². The van der Waals surface area contributed by atoms with Crippen molar-refractivity contribution >= 4 is 34.5 Å². The van der Waals surface area contributed by atoms with Gasteiger partial charge in [0.25, 0.3) is 0 Å². The second-order valence-electron chi connectivity index (χ2n) is 16.1. The number of nitriles is 1. The highest BCUT2D eigenvalue weighted by molar-refractivity contribution is 5.94. The van der Waals surface area contributed by atoms with Crippen LogP contribution in [0.4, 0.5) is 21.1 Å². The van der Waals surface area contributed by atoms with Gasteiger partial charge in [-0.2, -0.15) is 15.2 Å². The smallest absolute Gasteiger partial charge is 0.410 e. The third-order valence-corrected chi connectivity index (χ3v) is 11.2. The largest absolute Gasteiger partial charge is 0.455 e. The standard InChI is InChI=1S/C43H49N7O5/c1-42(2,3)55-41(52)50-23-10-17-37(50)43(20-21-43)54-39-45-35-28-47(36-16-9-14-31-13-7-8-15-33(31)36)24-19-34(35)38(46-39)48-25-26-49(32(27-48)18-22-44)40(51)53-29-30-11-5-4-6-12-30/h4-9,11-16,32,37H,10,17-21,23-29H2,1-3H3/t32-,37-/m0/s1. The molecule has 3 aromatic carbocycles. The molecular formula is C43H49N7O5. The van der Waals surface area contributed by atoms with E-state index in [0.717, 1.165) is 67.0 Å². The second-order valence-corrected chi connectivity index (χ2v) is 16.1. The van der Waals surface area contributed by atoms with Crippen LogP contribution < -0.4 is 14.5 Å². The average Bonchev–Trinajstić information content (AvgIpc) is 3.77. The molecule has 0 spiro atoms. The lowest BCUT2D eigenvalue weighted by Gasteiger charge is -2.42. The minimum Gasteiger partial charge on any atom is -0.455 e. The molecule has 2 saturated heterocycles. The maximum absolute atomic E-state index is 13.4. The zero-order valence-corrected chi connectivity index (χ0v) is 31.9. The lowest BCUT2D eigenvalue weighted by atomic mass is 10.0. The number of hydrogen-bond donors (Lipinski definition) is 0. The predicted octanol–water partition coefficient (Wildman–Crippen LogP) is 7.24. The summed E-state index contributed by atoms with van der Waals surface area (Å²) < 4.78 is 18.4. The molecule has 12 nitrogen and oxygen atoms in total. The first-order valence-electron chi connectivity index (χ1n) is 19.5. The molecule has 4 aliphatic rings. The van der Waals surface area contributed by atoms with Gasteiger partial charge in [0.1, 0.15) is 23.6 Å². The molecule has 8 rings (SSSR count). The Morgan fingerprint density at radius 1 is 0.891 bits per heavy atom. The molecule has 1 aliphatic carbocycles. The van der Waals surface area contributed by atoms with E-state index in [1.54, 1.807) is 4.90 Å². The van der Waals surface area contributed by atoms with Crippen LogP contribution in [0, 0.1) is 11.3 Å². The molecular weight excluding hydrogens is 695 g/mol. The molecule has 3 fully saturated rings. The highest BCUT2D eigenvalue weighted by atomic mass is 16.6. The number of piperazine rings is 1. The highest BCUT2D eigenvalue weighted by Gasteiger charge is 2.58. The maximum Gasteiger partial charge on any atom is 0.410 e. The van der Waals surface area contributed by atoms with Gasteiger partial charge in [-0.1, -0.05) is 66.7 Å². The van der Waals surface area contributed by atoms with E-state index in [0.29, 0.717) is 38.7 Å². The van der Waals surface area contributed by atoms with E-state index in [1.165, 1.54) is 10.8 Å². The summed E-state index contributed by atoms with van der Waals surface area (Å²) in [6.07, 6.45) is 3.43. The summed E-state index contributed by atoms with van der Waals surface area (Å²) in [5, 5.41) is 12.2. The van der Waals surface area contributed by atoms with Crippen LogP contribution in [-0.2, 0) is 29.0 Å². The molecule has 3 aliphatic heterocycles. The third-order valence-electron chi connectivity index (χ3n) is 11.2. The van der Waals surface area contributed by atoms with E-state index in [-0.39, 0.29) is 31.2 Å². The number of nitrogens with zero attached hydrogens (tertiary/aromatic N) is 7. The molecule has 0 bridgehead atoms. The fourth-order valence-corrected chi connectivity index (χ4v) is 8.42. The zero-order chi connectivity index (χ0) is 38.2. The second kappa shape index (κ2) is 14.9. The lowest BCUT2D eigenvalue weighted by molar-refractivity contribution is 0.00295. The van der Waals surface area contributed by atoms with Crippen molar-refractivity contribution in [1.82, 2.24) is 19.8 Å². The monoisotopic (exact) mass is 743 g/mol. The minimum atomic E-state index is -0.597. The Morgan fingerprint density at radius 2 is 1.67 bits per heavy atom. The van der Waals surface area contributed by atoms with Crippen LogP contribution in [0.2, 0.25) is 0 Å². The molecule has 0 N–H and O–H groups in total. The van der Waals surface area contributed by atoms with Gasteiger partial charge >= 0.3 is 18.2 Å². The summed E-state index contributed by atoms with van der Waals surface area (Å²) in [6, 6.07) is 26.5. The van der Waals surface area contributed by atoms with Crippen molar-refractivity contribution in [3.63, 3.8) is 0 Å². The summed E-state index contributed by atoms with van der Waals surface area (Å²) >= 11 is 0. The molecule has 12 heteroatoms. The van der Waals surface area contributed by atoms with Crippen molar-refractivity contribution in [3.05, 3.63) is 89.6 Å². The number of likely N-dealkylation sites (tertiary alicyclic amines) is 1. The number of fused-ring (bicyclic) bond motifs is 2. The van der Waals surface area contributed by atoms with Crippen LogP contribution >= 0.6 is 0 Å². The van der Waals surface area contributed by atoms with Gasteiger partial charge < -0.3 is 33.8 Å². The molecule has 4 aromatic rings. The summed E-state index contributed by atoms with van der Waals surface area (Å²) in [4.78, 5) is 45.1. The topological polar surface area (TPSA) is 124 Å². The summed E-state index contributed by atoms with van der Waals surface area (Å²) in [6.45, 7) is 9.12. The number of rotatable bonds is 8. The van der Waals surface area contributed by atoms with Crippen LogP contribution in [0.5, 0.6) is 6.01 Å². The van der Waals surface area contributed by atoms with Gasteiger partial charge in [0.2, 0.25) is 0 Å². The van der Waals surface area contributed by atoms with Crippen LogP contribution in [0.25, 0.3) is 10.8 Å². The number of aromatic nitrogens is 2. The van der Waals surface area contributed by atoms with Crippen molar-refractivity contribution in [2.75, 3.05) is 42.5 Å². The number of hydrogen-bond acceptors (Lipinski definition) is 10. The van der Waals surface area contributed by atoms with Gasteiger partial charge in [-0.25, -0.2) is 9.59 Å². The summed E-state index contributed by atoms with van der Waals surface area (Å²) in [5.41, 5.74) is 2.82. The van der Waals surface area contributed by atoms with Crippen molar-refractivity contribution in [2.24, 2.45) is 0 Å². The first kappa shape index (κ1) is 36.4. The fourth-order valence-electron chi connectivity index (χ4n) is 8.42. The Bertz CT molecular complexity index is 2090. The third kappa shape index (κ3) is 7.70. The van der Waals surface area contributed by atoms with Crippen molar-refractivity contribution in [2.45, 2.75) is 95.7 Å². The predicted molar refractivity (Wildman–Crippen MR) is 209 cm³/mol. The van der Waals surface area contributed by atoms with Gasteiger partial charge in [-0.05, 0) is 69.9 Å². The summed E-state index contributed by atoms with van der Waals surface area (Å²) in [7, 11) is 0. The van der Waals surface area contributed by atoms with Crippen molar-refractivity contribution in [3.8, 4) is 12.1 Å². The molecule has 1 saturated carbocycles. The Labute approximate surface area is 322 Å². The van der Waals surface area contributed by atoms with Crippen LogP contribution in [0.3, 0.4) is 0 Å². The first-order chi connectivity index (χ1) is 26.6. The van der Waals surface area contributed by atoms with E-state index in [4.69, 9.17) is 24.2 Å². The Kier molecular flexibility index (Phi) is 9.88. The normalized spacial score (nSPS) is 20.5. The quantitative estimate of drug-likeness (QED) is 0.182. The molecule has 2 amide bonds. The van der Waals surface area contributed by atoms with Crippen molar-refractivity contribution < 1.29 is 23.8 Å². The Balaban J connectivity index is 1.09. The first-order valence-corrected chi connectivity index (χ1v) is 19.5. The zero-order valence-electron chi connectivity index (χ0n) is 31.9. The van der Waals surface area contributed by atoms with Gasteiger partial charge in [0.05, 0.1) is 36.8 Å². The van der Waals surface area contributed by atoms with Crippen LogP contribution in [-0.4, -0.2) is 88.0 Å². The number of carbonyl (C=O) groups excluding carboxylic acids is 2. The van der Waals surface area contributed by atoms with Gasteiger partial charge in [-0.15, -0.1) is 0 Å². The average molecular weight is 744 g/mol. The maximum atomic E-state index is 13.4. The fraction of sp³-hybridized carbons (Fsp3) is 0.465. The van der Waals surface area contributed by atoms with E-state index in [9.17, 15) is 14.9 Å². The van der Waals surface area contributed by atoms with Crippen LogP contribution in [0.1, 0.15) is 69.7 Å². The minimum absolute atomic E-state index is 0.136. The molecule has 286 valence electrons. The van der Waals surface area contributed by atoms with Crippen LogP contribution in [0.15, 0.2) is 72.8 Å². The number of benzene rings is 3. The number of amides is 2. The molecule has 55 heavy (non-hydrogen) atoms. The molecule has 0 unspecified atom stereocenters. The number of carbonyl (C=O) groups is 2. The van der Waals surface area contributed by atoms with E-state index in [1.807, 2.05) is 56.0 Å². The van der Waals surface area contributed by atoms with Gasteiger partial charge in [-0.3, -0.25) is 0 Å². The highest BCUT2D eigenvalue weighted by Crippen LogP contribution is 2.48. The van der Waals surface area contributed by atoms with Gasteiger partial charge in [0.15, 0.2) is 0 Å². The molecule has 4 heterocycles. The number of ether oxygens (including phenoxy) is 3.